The van der Waals surface area contributed by atoms with Gasteiger partial charge in [-0.15, -0.1) is 0 Å². The molecule has 0 aliphatic heterocycles. The minimum Gasteiger partial charge on any atom is -0.346 e. The van der Waals surface area contributed by atoms with Crippen LogP contribution in [0.5, 0.6) is 0 Å². The van der Waals surface area contributed by atoms with E-state index in [0.717, 1.165) is 15.2 Å². The predicted molar refractivity (Wildman–Crippen MR) is 141 cm³/mol. The molecule has 0 spiro atoms. The molecule has 1 aliphatic rings. The fourth-order valence-electron chi connectivity index (χ4n) is 4.26. The van der Waals surface area contributed by atoms with E-state index in [2.05, 4.69) is 35.8 Å². The third-order valence-corrected chi connectivity index (χ3v) is 8.18. The van der Waals surface area contributed by atoms with E-state index in [9.17, 15) is 8.42 Å². The fourth-order valence-corrected chi connectivity index (χ4v) is 5.59. The molecule has 1 saturated carbocycles. The Kier molecular flexibility index (Phi) is 5.83. The highest BCUT2D eigenvalue weighted by atomic mass is 32.2. The minimum atomic E-state index is -3.91. The first kappa shape index (κ1) is 24.0. The summed E-state index contributed by atoms with van der Waals surface area (Å²) >= 11 is 0. The highest BCUT2D eigenvalue weighted by molar-refractivity contribution is 7.90. The molecule has 12 heteroatoms. The number of aromatic amines is 1. The number of aryl methyl sites for hydroxylation is 1. The van der Waals surface area contributed by atoms with Gasteiger partial charge in [0.25, 0.3) is 10.0 Å². The van der Waals surface area contributed by atoms with E-state index in [1.807, 2.05) is 13.0 Å². The molecule has 0 unspecified atom stereocenters. The number of H-pyrrole nitrogens is 1. The van der Waals surface area contributed by atoms with Crippen LogP contribution in [0.25, 0.3) is 11.0 Å². The lowest BCUT2D eigenvalue weighted by Crippen LogP contribution is -2.14. The number of pyridine rings is 1. The number of anilines is 3. The first-order chi connectivity index (χ1) is 18.3. The lowest BCUT2D eigenvalue weighted by atomic mass is 10.2. The van der Waals surface area contributed by atoms with Crippen molar-refractivity contribution >= 4 is 38.6 Å². The Morgan fingerprint density at radius 3 is 2.63 bits per heavy atom. The molecule has 6 rings (SSSR count). The van der Waals surface area contributed by atoms with Gasteiger partial charge in [0.2, 0.25) is 5.95 Å². The Hall–Kier alpha value is -4.32. The second kappa shape index (κ2) is 9.21. The van der Waals surface area contributed by atoms with Crippen molar-refractivity contribution in [1.29, 1.82) is 0 Å². The Balaban J connectivity index is 1.23. The van der Waals surface area contributed by atoms with Crippen LogP contribution in [0.15, 0.2) is 65.8 Å². The van der Waals surface area contributed by atoms with E-state index in [-0.39, 0.29) is 22.1 Å². The third-order valence-electron chi connectivity index (χ3n) is 6.48. The first-order valence-electron chi connectivity index (χ1n) is 12.2. The lowest BCUT2D eigenvalue weighted by Gasteiger charge is -2.15. The summed E-state index contributed by atoms with van der Waals surface area (Å²) in [6.07, 6.45) is 5.31. The van der Waals surface area contributed by atoms with Gasteiger partial charge in [0, 0.05) is 36.1 Å². The van der Waals surface area contributed by atoms with Crippen molar-refractivity contribution in [1.82, 2.24) is 29.1 Å². The van der Waals surface area contributed by atoms with Gasteiger partial charge in [-0.3, -0.25) is 5.10 Å². The Labute approximate surface area is 218 Å². The molecule has 194 valence electrons. The molecule has 10 nitrogen and oxygen atoms in total. The molecule has 1 atom stereocenters. The molecule has 3 N–H and O–H groups in total. The van der Waals surface area contributed by atoms with Gasteiger partial charge in [-0.05, 0) is 51.0 Å². The van der Waals surface area contributed by atoms with Crippen molar-refractivity contribution in [2.75, 3.05) is 10.6 Å². The maximum absolute atomic E-state index is 15.2. The summed E-state index contributed by atoms with van der Waals surface area (Å²) in [5, 5.41) is 13.5. The zero-order valence-corrected chi connectivity index (χ0v) is 21.5. The van der Waals surface area contributed by atoms with Gasteiger partial charge in [-0.2, -0.15) is 10.1 Å². The van der Waals surface area contributed by atoms with Gasteiger partial charge >= 0.3 is 0 Å². The topological polar surface area (TPSA) is 130 Å². The van der Waals surface area contributed by atoms with Crippen molar-refractivity contribution in [3.63, 3.8) is 0 Å². The standard InChI is InChI=1S/C26H25FN8O2S/c1-15-3-7-18(8-4-15)38(36,37)35-12-10-20-22(35)13-19(27)25(30-20)16(2)29-26-28-11-9-23(32-26)31-24-14-21(33-34-24)17-5-6-17/h3-4,7-14,16-17H,5-6H2,1-2H3,(H3,28,29,31,32,33,34)/t16-/m0/s1. The SMILES string of the molecule is Cc1ccc(S(=O)(=O)n2ccc3nc([C@H](C)Nc4nccc(Nc5cc(C6CC6)[nH]n5)n4)c(F)cc32)cc1. The largest absolute Gasteiger partial charge is 0.346 e. The summed E-state index contributed by atoms with van der Waals surface area (Å²) in [6.45, 7) is 3.61. The number of nitrogens with zero attached hydrogens (tertiary/aromatic N) is 5. The number of hydrogen-bond acceptors (Lipinski definition) is 8. The minimum absolute atomic E-state index is 0.115. The lowest BCUT2D eigenvalue weighted by molar-refractivity contribution is 0.586. The summed E-state index contributed by atoms with van der Waals surface area (Å²) < 4.78 is 42.6. The summed E-state index contributed by atoms with van der Waals surface area (Å²) in [5.74, 6) is 1.38. The molecule has 4 aromatic heterocycles. The van der Waals surface area contributed by atoms with Gasteiger partial charge in [0.1, 0.15) is 11.6 Å². The Morgan fingerprint density at radius 2 is 1.87 bits per heavy atom. The monoisotopic (exact) mass is 532 g/mol. The molecule has 38 heavy (non-hydrogen) atoms. The quantitative estimate of drug-likeness (QED) is 0.254. The van der Waals surface area contributed by atoms with Crippen LogP contribution in [-0.4, -0.2) is 37.5 Å². The van der Waals surface area contributed by atoms with E-state index in [4.69, 9.17) is 0 Å². The molecule has 1 aliphatic carbocycles. The van der Waals surface area contributed by atoms with Crippen molar-refractivity contribution < 1.29 is 12.8 Å². The highest BCUT2D eigenvalue weighted by Crippen LogP contribution is 2.39. The number of fused-ring (bicyclic) bond motifs is 1. The van der Waals surface area contributed by atoms with E-state index >= 15 is 4.39 Å². The Bertz CT molecular complexity index is 1740. The number of rotatable bonds is 8. The average Bonchev–Trinajstić information content (AvgIpc) is 3.49. The van der Waals surface area contributed by atoms with Crippen LogP contribution < -0.4 is 10.6 Å². The molecule has 1 fully saturated rings. The van der Waals surface area contributed by atoms with Gasteiger partial charge in [0.05, 0.1) is 27.7 Å². The van der Waals surface area contributed by atoms with Crippen LogP contribution >= 0.6 is 0 Å². The van der Waals surface area contributed by atoms with Crippen molar-refractivity contribution in [2.24, 2.45) is 0 Å². The molecular weight excluding hydrogens is 507 g/mol. The fraction of sp³-hybridized carbons (Fsp3) is 0.231. The molecule has 0 saturated heterocycles. The maximum Gasteiger partial charge on any atom is 0.268 e. The third kappa shape index (κ3) is 4.58. The number of halogens is 1. The normalized spacial score (nSPS) is 14.5. The molecule has 0 bridgehead atoms. The number of benzene rings is 1. The van der Waals surface area contributed by atoms with Crippen molar-refractivity contribution in [3.05, 3.63) is 83.7 Å². The molecule has 5 aromatic rings. The molecule has 0 radical (unpaired) electrons. The van der Waals surface area contributed by atoms with Crippen LogP contribution in [0.3, 0.4) is 0 Å². The summed E-state index contributed by atoms with van der Waals surface area (Å²) in [4.78, 5) is 13.2. The molecular formula is C26H25FN8O2S. The predicted octanol–water partition coefficient (Wildman–Crippen LogP) is 5.03. The van der Waals surface area contributed by atoms with Crippen LogP contribution in [-0.2, 0) is 10.0 Å². The van der Waals surface area contributed by atoms with Gasteiger partial charge < -0.3 is 10.6 Å². The number of nitrogens with one attached hydrogen (secondary N) is 3. The van der Waals surface area contributed by atoms with Crippen LogP contribution in [0, 0.1) is 12.7 Å². The highest BCUT2D eigenvalue weighted by Gasteiger charge is 2.26. The zero-order chi connectivity index (χ0) is 26.4. The summed E-state index contributed by atoms with van der Waals surface area (Å²) in [7, 11) is -3.91. The maximum atomic E-state index is 15.2. The molecule has 0 amide bonds. The van der Waals surface area contributed by atoms with Crippen LogP contribution in [0.4, 0.5) is 22.0 Å². The van der Waals surface area contributed by atoms with Gasteiger partial charge in [-0.25, -0.2) is 26.7 Å². The van der Waals surface area contributed by atoms with Crippen molar-refractivity contribution in [2.45, 2.75) is 43.5 Å². The van der Waals surface area contributed by atoms with E-state index in [1.54, 1.807) is 37.4 Å². The second-order valence-corrected chi connectivity index (χ2v) is 11.2. The summed E-state index contributed by atoms with van der Waals surface area (Å²) in [5.41, 5.74) is 2.67. The van der Waals surface area contributed by atoms with Gasteiger partial charge in [-0.1, -0.05) is 17.7 Å². The zero-order valence-electron chi connectivity index (χ0n) is 20.7. The van der Waals surface area contributed by atoms with Gasteiger partial charge in [0.15, 0.2) is 5.82 Å². The molecule has 4 heterocycles. The van der Waals surface area contributed by atoms with E-state index in [0.29, 0.717) is 23.1 Å². The van der Waals surface area contributed by atoms with Crippen molar-refractivity contribution in [3.8, 4) is 0 Å². The Morgan fingerprint density at radius 1 is 1.08 bits per heavy atom. The average molecular weight is 533 g/mol. The van der Waals surface area contributed by atoms with Crippen LogP contribution in [0.2, 0.25) is 0 Å². The van der Waals surface area contributed by atoms with E-state index < -0.39 is 21.9 Å². The van der Waals surface area contributed by atoms with E-state index in [1.165, 1.54) is 37.2 Å². The first-order valence-corrected chi connectivity index (χ1v) is 13.6. The molecule has 1 aromatic carbocycles. The second-order valence-electron chi connectivity index (χ2n) is 9.43. The number of aromatic nitrogens is 6. The number of hydrogen-bond donors (Lipinski definition) is 3. The van der Waals surface area contributed by atoms with Crippen LogP contribution in [0.1, 0.15) is 48.7 Å². The summed E-state index contributed by atoms with van der Waals surface area (Å²) in [6, 6.07) is 12.3. The smallest absolute Gasteiger partial charge is 0.268 e.